The quantitative estimate of drug-likeness (QED) is 0.714. The molecule has 0 aliphatic rings. The Morgan fingerprint density at radius 2 is 1.80 bits per heavy atom. The van der Waals surface area contributed by atoms with Crippen LogP contribution in [-0.4, -0.2) is 22.9 Å². The number of para-hydroxylation sites is 1. The summed E-state index contributed by atoms with van der Waals surface area (Å²) in [6.07, 6.45) is 2.97. The zero-order chi connectivity index (χ0) is 17.8. The molecule has 0 aliphatic heterocycles. The second kappa shape index (κ2) is 7.51. The predicted octanol–water partition coefficient (Wildman–Crippen LogP) is 4.80. The monoisotopic (exact) mass is 372 g/mol. The van der Waals surface area contributed by atoms with Gasteiger partial charge in [0.25, 0.3) is 5.91 Å². The molecule has 1 N–H and O–H groups in total. The van der Waals surface area contributed by atoms with Crippen LogP contribution in [0.4, 0.5) is 17.2 Å². The van der Waals surface area contributed by atoms with Gasteiger partial charge in [-0.15, -0.1) is 0 Å². The van der Waals surface area contributed by atoms with Crippen molar-refractivity contribution < 1.29 is 4.79 Å². The van der Waals surface area contributed by atoms with Crippen LogP contribution in [0.1, 0.15) is 10.5 Å². The van der Waals surface area contributed by atoms with Crippen LogP contribution >= 0.6 is 23.2 Å². The molecule has 1 aromatic heterocycles. The van der Waals surface area contributed by atoms with E-state index in [0.29, 0.717) is 21.6 Å². The van der Waals surface area contributed by atoms with Crippen molar-refractivity contribution in [3.8, 4) is 0 Å². The van der Waals surface area contributed by atoms with Crippen molar-refractivity contribution in [2.75, 3.05) is 17.3 Å². The molecule has 0 atom stereocenters. The van der Waals surface area contributed by atoms with Gasteiger partial charge in [0.05, 0.1) is 23.1 Å². The van der Waals surface area contributed by atoms with Gasteiger partial charge in [-0.3, -0.25) is 4.79 Å². The highest BCUT2D eigenvalue weighted by Crippen LogP contribution is 2.26. The van der Waals surface area contributed by atoms with Crippen molar-refractivity contribution in [1.29, 1.82) is 0 Å². The lowest BCUT2D eigenvalue weighted by Gasteiger charge is -2.17. The molecule has 25 heavy (non-hydrogen) atoms. The number of anilines is 3. The highest BCUT2D eigenvalue weighted by Gasteiger charge is 2.12. The fraction of sp³-hybridized carbons (Fsp3) is 0.0556. The van der Waals surface area contributed by atoms with Crippen LogP contribution in [0.15, 0.2) is 60.9 Å². The Balaban J connectivity index is 1.74. The smallest absolute Gasteiger partial charge is 0.275 e. The summed E-state index contributed by atoms with van der Waals surface area (Å²) in [6.45, 7) is 0. The Labute approximate surface area is 155 Å². The minimum atomic E-state index is -0.398. The van der Waals surface area contributed by atoms with Crippen LogP contribution in [0, 0.1) is 0 Å². The summed E-state index contributed by atoms with van der Waals surface area (Å²) in [6, 6.07) is 14.6. The number of carbonyl (C=O) groups is 1. The van der Waals surface area contributed by atoms with E-state index in [2.05, 4.69) is 15.3 Å². The summed E-state index contributed by atoms with van der Waals surface area (Å²) in [7, 11) is 1.88. The number of halogens is 2. The van der Waals surface area contributed by atoms with Gasteiger partial charge < -0.3 is 10.2 Å². The number of carbonyl (C=O) groups excluding carboxylic acids is 1. The number of hydrogen-bond acceptors (Lipinski definition) is 4. The standard InChI is InChI=1S/C18H14Cl2N4O/c1-24(13-5-3-2-4-6-13)17-11-21-16(10-22-17)18(25)23-15-8-7-12(19)9-14(15)20/h2-11H,1H3,(H,23,25). The molecule has 2 aromatic carbocycles. The van der Waals surface area contributed by atoms with Gasteiger partial charge in [0, 0.05) is 17.8 Å². The van der Waals surface area contributed by atoms with E-state index in [0.717, 1.165) is 5.69 Å². The van der Waals surface area contributed by atoms with E-state index >= 15 is 0 Å². The van der Waals surface area contributed by atoms with E-state index in [-0.39, 0.29) is 5.69 Å². The largest absolute Gasteiger partial charge is 0.328 e. The molecule has 0 bridgehead atoms. The summed E-state index contributed by atoms with van der Waals surface area (Å²) >= 11 is 11.9. The molecule has 0 radical (unpaired) electrons. The van der Waals surface area contributed by atoms with Crippen molar-refractivity contribution in [1.82, 2.24) is 9.97 Å². The molecule has 0 aliphatic carbocycles. The number of amides is 1. The van der Waals surface area contributed by atoms with E-state index in [9.17, 15) is 4.79 Å². The SMILES string of the molecule is CN(c1ccccc1)c1cnc(C(=O)Nc2ccc(Cl)cc2Cl)cn1. The first-order valence-electron chi connectivity index (χ1n) is 7.42. The minimum Gasteiger partial charge on any atom is -0.328 e. The maximum Gasteiger partial charge on any atom is 0.275 e. The number of nitrogens with zero attached hydrogens (tertiary/aromatic N) is 3. The fourth-order valence-electron chi connectivity index (χ4n) is 2.17. The van der Waals surface area contributed by atoms with Crippen LogP contribution in [0.2, 0.25) is 10.0 Å². The Morgan fingerprint density at radius 3 is 2.44 bits per heavy atom. The summed E-state index contributed by atoms with van der Waals surface area (Å²) in [5.74, 6) is 0.234. The number of rotatable bonds is 4. The first-order valence-corrected chi connectivity index (χ1v) is 8.17. The summed E-state index contributed by atoms with van der Waals surface area (Å²) < 4.78 is 0. The van der Waals surface area contributed by atoms with Gasteiger partial charge in [-0.25, -0.2) is 9.97 Å². The van der Waals surface area contributed by atoms with Crippen LogP contribution < -0.4 is 10.2 Å². The van der Waals surface area contributed by atoms with Crippen molar-refractivity contribution in [3.63, 3.8) is 0 Å². The predicted molar refractivity (Wildman–Crippen MR) is 101 cm³/mol. The Hall–Kier alpha value is -2.63. The molecular formula is C18H14Cl2N4O. The third-order valence-electron chi connectivity index (χ3n) is 3.54. The second-order valence-corrected chi connectivity index (χ2v) is 6.08. The Kier molecular flexibility index (Phi) is 5.16. The zero-order valence-electron chi connectivity index (χ0n) is 13.3. The topological polar surface area (TPSA) is 58.1 Å². The molecule has 0 unspecified atom stereocenters. The number of nitrogens with one attached hydrogen (secondary N) is 1. The molecule has 3 rings (SSSR count). The van der Waals surface area contributed by atoms with Gasteiger partial charge in [-0.05, 0) is 30.3 Å². The second-order valence-electron chi connectivity index (χ2n) is 5.23. The van der Waals surface area contributed by atoms with Gasteiger partial charge in [0.2, 0.25) is 0 Å². The molecule has 0 saturated carbocycles. The van der Waals surface area contributed by atoms with E-state index in [1.54, 1.807) is 24.4 Å². The third-order valence-corrected chi connectivity index (χ3v) is 4.09. The maximum atomic E-state index is 12.3. The summed E-state index contributed by atoms with van der Waals surface area (Å²) in [4.78, 5) is 22.6. The molecular weight excluding hydrogens is 359 g/mol. The molecule has 3 aromatic rings. The van der Waals surface area contributed by atoms with Crippen LogP contribution in [-0.2, 0) is 0 Å². The van der Waals surface area contributed by atoms with E-state index in [1.165, 1.54) is 6.20 Å². The third kappa shape index (κ3) is 4.07. The average Bonchev–Trinajstić information content (AvgIpc) is 2.64. The molecule has 1 heterocycles. The van der Waals surface area contributed by atoms with E-state index in [1.807, 2.05) is 42.3 Å². The first-order chi connectivity index (χ1) is 12.0. The van der Waals surface area contributed by atoms with Crippen molar-refractivity contribution in [2.45, 2.75) is 0 Å². The van der Waals surface area contributed by atoms with Crippen LogP contribution in [0.25, 0.3) is 0 Å². The number of aromatic nitrogens is 2. The van der Waals surface area contributed by atoms with E-state index < -0.39 is 5.91 Å². The lowest BCUT2D eigenvalue weighted by molar-refractivity contribution is 0.102. The summed E-state index contributed by atoms with van der Waals surface area (Å²) in [5.41, 5.74) is 1.63. The molecule has 1 amide bonds. The molecule has 0 fully saturated rings. The maximum absolute atomic E-state index is 12.3. The number of benzene rings is 2. The highest BCUT2D eigenvalue weighted by atomic mass is 35.5. The lowest BCUT2D eigenvalue weighted by Crippen LogP contribution is -2.16. The number of hydrogen-bond donors (Lipinski definition) is 1. The van der Waals surface area contributed by atoms with Gasteiger partial charge in [0.1, 0.15) is 5.69 Å². The van der Waals surface area contributed by atoms with Crippen LogP contribution in [0.3, 0.4) is 0 Å². The first kappa shape index (κ1) is 17.2. The van der Waals surface area contributed by atoms with Gasteiger partial charge in [-0.1, -0.05) is 41.4 Å². The molecule has 7 heteroatoms. The average molecular weight is 373 g/mol. The summed E-state index contributed by atoms with van der Waals surface area (Å²) in [5, 5.41) is 3.54. The fourth-order valence-corrected chi connectivity index (χ4v) is 2.63. The minimum absolute atomic E-state index is 0.191. The van der Waals surface area contributed by atoms with Gasteiger partial charge >= 0.3 is 0 Å². The highest BCUT2D eigenvalue weighted by molar-refractivity contribution is 6.36. The van der Waals surface area contributed by atoms with E-state index in [4.69, 9.17) is 23.2 Å². The van der Waals surface area contributed by atoms with Crippen LogP contribution in [0.5, 0.6) is 0 Å². The normalized spacial score (nSPS) is 10.4. The van der Waals surface area contributed by atoms with Crippen molar-refractivity contribution in [3.05, 3.63) is 76.7 Å². The lowest BCUT2D eigenvalue weighted by atomic mass is 10.3. The van der Waals surface area contributed by atoms with Crippen molar-refractivity contribution in [2.24, 2.45) is 0 Å². The van der Waals surface area contributed by atoms with Gasteiger partial charge in [-0.2, -0.15) is 0 Å². The Morgan fingerprint density at radius 1 is 1.04 bits per heavy atom. The molecule has 126 valence electrons. The van der Waals surface area contributed by atoms with Gasteiger partial charge in [0.15, 0.2) is 5.82 Å². The molecule has 0 spiro atoms. The Bertz CT molecular complexity index is 885. The molecule has 5 nitrogen and oxygen atoms in total. The van der Waals surface area contributed by atoms with Crippen molar-refractivity contribution >= 4 is 46.3 Å². The molecule has 0 saturated heterocycles. The zero-order valence-corrected chi connectivity index (χ0v) is 14.8.